The number of fused-ring (bicyclic) bond motifs is 1. The summed E-state index contributed by atoms with van der Waals surface area (Å²) in [5.41, 5.74) is 4.26. The Bertz CT molecular complexity index is 1080. The Hall–Kier alpha value is -3.48. The molecule has 0 saturated carbocycles. The largest absolute Gasteiger partial charge is 0.336 e. The second kappa shape index (κ2) is 7.03. The molecular formula is C20H20N6O. The van der Waals surface area contributed by atoms with Gasteiger partial charge in [-0.15, -0.1) is 0 Å². The van der Waals surface area contributed by atoms with Crippen LogP contribution >= 0.6 is 0 Å². The average Bonchev–Trinajstić information content (AvgIpc) is 3.27. The van der Waals surface area contributed by atoms with Gasteiger partial charge in [-0.05, 0) is 36.8 Å². The lowest BCUT2D eigenvalue weighted by Crippen LogP contribution is -2.26. The third kappa shape index (κ3) is 3.44. The van der Waals surface area contributed by atoms with E-state index in [2.05, 4.69) is 24.7 Å². The van der Waals surface area contributed by atoms with Crippen LogP contribution < -0.4 is 0 Å². The van der Waals surface area contributed by atoms with E-state index < -0.39 is 0 Å². The zero-order chi connectivity index (χ0) is 18.8. The fourth-order valence-electron chi connectivity index (χ4n) is 3.15. The minimum atomic E-state index is -0.131. The SMILES string of the molecule is Cc1nc2ccccc2n1Cc1cc(C(=O)N(C)Cc2cccnc2)n[nH]1. The Morgan fingerprint density at radius 1 is 1.22 bits per heavy atom. The van der Waals surface area contributed by atoms with E-state index in [1.54, 1.807) is 30.4 Å². The number of nitrogens with one attached hydrogen (secondary N) is 1. The highest BCUT2D eigenvalue weighted by Crippen LogP contribution is 2.17. The number of aromatic amines is 1. The number of aryl methyl sites for hydroxylation is 1. The zero-order valence-electron chi connectivity index (χ0n) is 15.3. The van der Waals surface area contributed by atoms with Gasteiger partial charge in [-0.25, -0.2) is 4.98 Å². The summed E-state index contributed by atoms with van der Waals surface area (Å²) in [6, 6.07) is 13.6. The van der Waals surface area contributed by atoms with Gasteiger partial charge in [0.25, 0.3) is 5.91 Å². The summed E-state index contributed by atoms with van der Waals surface area (Å²) in [5.74, 6) is 0.793. The molecule has 1 amide bonds. The van der Waals surface area contributed by atoms with Gasteiger partial charge in [-0.3, -0.25) is 14.9 Å². The van der Waals surface area contributed by atoms with Gasteiger partial charge in [0.2, 0.25) is 0 Å². The van der Waals surface area contributed by atoms with Gasteiger partial charge in [0.15, 0.2) is 0 Å². The number of rotatable bonds is 5. The fraction of sp³-hybridized carbons (Fsp3) is 0.200. The molecule has 0 atom stereocenters. The molecule has 0 saturated heterocycles. The molecule has 7 nitrogen and oxygen atoms in total. The number of amides is 1. The highest BCUT2D eigenvalue weighted by molar-refractivity contribution is 5.92. The summed E-state index contributed by atoms with van der Waals surface area (Å²) in [7, 11) is 1.76. The molecule has 3 aromatic heterocycles. The van der Waals surface area contributed by atoms with Crippen LogP contribution in [-0.2, 0) is 13.1 Å². The molecule has 4 aromatic rings. The summed E-state index contributed by atoms with van der Waals surface area (Å²) in [6.07, 6.45) is 3.47. The van der Waals surface area contributed by atoms with E-state index in [0.29, 0.717) is 18.8 Å². The number of imidazole rings is 1. The molecule has 0 aliphatic heterocycles. The maximum Gasteiger partial charge on any atom is 0.274 e. The lowest BCUT2D eigenvalue weighted by atomic mass is 10.2. The van der Waals surface area contributed by atoms with Crippen molar-refractivity contribution in [3.63, 3.8) is 0 Å². The topological polar surface area (TPSA) is 79.7 Å². The molecular weight excluding hydrogens is 340 g/mol. The van der Waals surface area contributed by atoms with Crippen molar-refractivity contribution in [1.82, 2.24) is 29.6 Å². The van der Waals surface area contributed by atoms with Crippen LogP contribution in [0.5, 0.6) is 0 Å². The highest BCUT2D eigenvalue weighted by Gasteiger charge is 2.17. The van der Waals surface area contributed by atoms with Crippen molar-refractivity contribution in [1.29, 1.82) is 0 Å². The molecule has 0 spiro atoms. The Balaban J connectivity index is 1.51. The van der Waals surface area contributed by atoms with Crippen molar-refractivity contribution in [2.24, 2.45) is 0 Å². The summed E-state index contributed by atoms with van der Waals surface area (Å²) in [6.45, 7) is 3.04. The Kier molecular flexibility index (Phi) is 4.42. The third-order valence-electron chi connectivity index (χ3n) is 4.51. The first-order valence-electron chi connectivity index (χ1n) is 8.72. The molecule has 27 heavy (non-hydrogen) atoms. The zero-order valence-corrected chi connectivity index (χ0v) is 15.3. The fourth-order valence-corrected chi connectivity index (χ4v) is 3.15. The number of para-hydroxylation sites is 2. The van der Waals surface area contributed by atoms with Gasteiger partial charge in [-0.2, -0.15) is 5.10 Å². The molecule has 0 aliphatic carbocycles. The number of nitrogens with zero attached hydrogens (tertiary/aromatic N) is 5. The van der Waals surface area contributed by atoms with Crippen molar-refractivity contribution in [2.45, 2.75) is 20.0 Å². The smallest absolute Gasteiger partial charge is 0.274 e. The number of hydrogen-bond donors (Lipinski definition) is 1. The standard InChI is InChI=1S/C20H20N6O/c1-14-22-17-7-3-4-8-19(17)26(14)13-16-10-18(24-23-16)20(27)25(2)12-15-6-5-9-21-11-15/h3-11H,12-13H2,1-2H3,(H,23,24). The molecule has 0 bridgehead atoms. The lowest BCUT2D eigenvalue weighted by molar-refractivity contribution is 0.0779. The minimum absolute atomic E-state index is 0.131. The van der Waals surface area contributed by atoms with Crippen molar-refractivity contribution in [3.8, 4) is 0 Å². The third-order valence-corrected chi connectivity index (χ3v) is 4.51. The van der Waals surface area contributed by atoms with E-state index in [1.807, 2.05) is 43.3 Å². The summed E-state index contributed by atoms with van der Waals surface area (Å²) in [4.78, 5) is 22.9. The monoisotopic (exact) mass is 360 g/mol. The van der Waals surface area contributed by atoms with Gasteiger partial charge in [0, 0.05) is 26.0 Å². The predicted octanol–water partition coefficient (Wildman–Crippen LogP) is 2.78. The number of carbonyl (C=O) groups excluding carboxylic acids is 1. The second-order valence-corrected chi connectivity index (χ2v) is 6.53. The van der Waals surface area contributed by atoms with Crippen LogP contribution in [0.3, 0.4) is 0 Å². The quantitative estimate of drug-likeness (QED) is 0.593. The van der Waals surface area contributed by atoms with Crippen LogP contribution in [0.4, 0.5) is 0 Å². The molecule has 0 unspecified atom stereocenters. The molecule has 7 heteroatoms. The number of H-pyrrole nitrogens is 1. The Morgan fingerprint density at radius 2 is 2.07 bits per heavy atom. The van der Waals surface area contributed by atoms with Crippen molar-refractivity contribution in [2.75, 3.05) is 7.05 Å². The maximum absolute atomic E-state index is 12.6. The van der Waals surface area contributed by atoms with Crippen LogP contribution in [0, 0.1) is 6.92 Å². The predicted molar refractivity (Wildman–Crippen MR) is 102 cm³/mol. The molecule has 3 heterocycles. The maximum atomic E-state index is 12.6. The van der Waals surface area contributed by atoms with Crippen molar-refractivity contribution >= 4 is 16.9 Å². The van der Waals surface area contributed by atoms with Crippen molar-refractivity contribution < 1.29 is 4.79 Å². The lowest BCUT2D eigenvalue weighted by Gasteiger charge is -2.15. The van der Waals surface area contributed by atoms with E-state index in [0.717, 1.165) is 28.1 Å². The van der Waals surface area contributed by atoms with Gasteiger partial charge in [0.1, 0.15) is 11.5 Å². The average molecular weight is 360 g/mol. The van der Waals surface area contributed by atoms with Gasteiger partial charge >= 0.3 is 0 Å². The van der Waals surface area contributed by atoms with Crippen LogP contribution in [0.25, 0.3) is 11.0 Å². The van der Waals surface area contributed by atoms with Crippen molar-refractivity contribution in [3.05, 3.63) is 77.6 Å². The van der Waals surface area contributed by atoms with Crippen LogP contribution in [0.15, 0.2) is 54.9 Å². The Labute approximate surface area is 156 Å². The molecule has 4 rings (SSSR count). The van der Waals surface area contributed by atoms with E-state index in [9.17, 15) is 4.79 Å². The molecule has 0 fully saturated rings. The van der Waals surface area contributed by atoms with Gasteiger partial charge in [0.05, 0.1) is 23.3 Å². The summed E-state index contributed by atoms with van der Waals surface area (Å²) < 4.78 is 2.11. The number of benzene rings is 1. The van der Waals surface area contributed by atoms with Crippen LogP contribution in [0.2, 0.25) is 0 Å². The van der Waals surface area contributed by atoms with Gasteiger partial charge in [-0.1, -0.05) is 18.2 Å². The van der Waals surface area contributed by atoms with E-state index in [1.165, 1.54) is 0 Å². The van der Waals surface area contributed by atoms with E-state index in [4.69, 9.17) is 0 Å². The number of hydrogen-bond acceptors (Lipinski definition) is 4. The minimum Gasteiger partial charge on any atom is -0.336 e. The first-order chi connectivity index (χ1) is 13.1. The van der Waals surface area contributed by atoms with E-state index >= 15 is 0 Å². The molecule has 136 valence electrons. The summed E-state index contributed by atoms with van der Waals surface area (Å²) >= 11 is 0. The van der Waals surface area contributed by atoms with E-state index in [-0.39, 0.29) is 5.91 Å². The van der Waals surface area contributed by atoms with Crippen LogP contribution in [-0.4, -0.2) is 42.6 Å². The summed E-state index contributed by atoms with van der Waals surface area (Å²) in [5, 5.41) is 7.18. The molecule has 0 aliphatic rings. The highest BCUT2D eigenvalue weighted by atomic mass is 16.2. The molecule has 1 aromatic carbocycles. The number of pyridine rings is 1. The normalized spacial score (nSPS) is 11.0. The number of carbonyl (C=O) groups is 1. The second-order valence-electron chi connectivity index (χ2n) is 6.53. The van der Waals surface area contributed by atoms with Gasteiger partial charge < -0.3 is 9.47 Å². The first kappa shape index (κ1) is 17.0. The molecule has 0 radical (unpaired) electrons. The first-order valence-corrected chi connectivity index (χ1v) is 8.72. The molecule has 1 N–H and O–H groups in total. The number of aromatic nitrogens is 5. The van der Waals surface area contributed by atoms with Crippen LogP contribution in [0.1, 0.15) is 27.6 Å². The Morgan fingerprint density at radius 3 is 2.89 bits per heavy atom.